The van der Waals surface area contributed by atoms with E-state index in [1.54, 1.807) is 6.07 Å². The first-order chi connectivity index (χ1) is 9.10. The van der Waals surface area contributed by atoms with Gasteiger partial charge in [0.1, 0.15) is 0 Å². The molecule has 0 radical (unpaired) electrons. The molecule has 0 fully saturated rings. The Morgan fingerprint density at radius 2 is 1.74 bits per heavy atom. The fraction of sp³-hybridized carbons (Fsp3) is 0.200. The number of rotatable bonds is 4. The van der Waals surface area contributed by atoms with Crippen LogP contribution in [-0.4, -0.2) is 11.7 Å². The summed E-state index contributed by atoms with van der Waals surface area (Å²) in [6, 6.07) is 13.1. The van der Waals surface area contributed by atoms with Crippen LogP contribution in [0.25, 0.3) is 0 Å². The summed E-state index contributed by atoms with van der Waals surface area (Å²) in [6.45, 7) is 0.0561. The average Bonchev–Trinajstić information content (AvgIpc) is 2.40. The quantitative estimate of drug-likeness (QED) is 0.845. The molecule has 0 spiro atoms. The molecule has 0 aliphatic carbocycles. The molecule has 0 amide bonds. The standard InChI is InChI=1S/C15H13Cl3O/c16-13-3-1-2-11(8-13)12(9-19)6-10-4-5-14(17)15(18)7-10/h1-5,7-8,12,19H,6,9H2. The molecule has 0 heterocycles. The van der Waals surface area contributed by atoms with Gasteiger partial charge in [0.25, 0.3) is 0 Å². The molecule has 0 saturated heterocycles. The number of halogens is 3. The highest BCUT2D eigenvalue weighted by atomic mass is 35.5. The summed E-state index contributed by atoms with van der Waals surface area (Å²) in [4.78, 5) is 0. The zero-order valence-electron chi connectivity index (χ0n) is 10.1. The molecule has 2 aromatic rings. The van der Waals surface area contributed by atoms with Gasteiger partial charge >= 0.3 is 0 Å². The SMILES string of the molecule is OCC(Cc1ccc(Cl)c(Cl)c1)c1cccc(Cl)c1. The molecule has 1 unspecified atom stereocenters. The van der Waals surface area contributed by atoms with Crippen LogP contribution < -0.4 is 0 Å². The number of aliphatic hydroxyl groups is 1. The maximum Gasteiger partial charge on any atom is 0.0595 e. The van der Waals surface area contributed by atoms with Gasteiger partial charge in [-0.2, -0.15) is 0 Å². The van der Waals surface area contributed by atoms with Crippen molar-refractivity contribution < 1.29 is 5.11 Å². The highest BCUT2D eigenvalue weighted by molar-refractivity contribution is 6.42. The molecule has 1 nitrogen and oxygen atoms in total. The van der Waals surface area contributed by atoms with Crippen molar-refractivity contribution in [2.75, 3.05) is 6.61 Å². The lowest BCUT2D eigenvalue weighted by Crippen LogP contribution is -2.07. The molecule has 1 atom stereocenters. The van der Waals surface area contributed by atoms with E-state index in [0.29, 0.717) is 21.5 Å². The van der Waals surface area contributed by atoms with Crippen LogP contribution in [0, 0.1) is 0 Å². The smallest absolute Gasteiger partial charge is 0.0595 e. The molecule has 0 bridgehead atoms. The van der Waals surface area contributed by atoms with Crippen LogP contribution in [-0.2, 0) is 6.42 Å². The number of aliphatic hydroxyl groups excluding tert-OH is 1. The maximum absolute atomic E-state index is 9.55. The summed E-state index contributed by atoms with van der Waals surface area (Å²) in [6.07, 6.45) is 0.688. The molecule has 2 rings (SSSR count). The van der Waals surface area contributed by atoms with Crippen LogP contribution in [0.1, 0.15) is 17.0 Å². The van der Waals surface area contributed by atoms with Gasteiger partial charge in [-0.05, 0) is 41.8 Å². The van der Waals surface area contributed by atoms with E-state index in [1.165, 1.54) is 0 Å². The van der Waals surface area contributed by atoms with Gasteiger partial charge in [0, 0.05) is 10.9 Å². The predicted octanol–water partition coefficient (Wildman–Crippen LogP) is 4.97. The highest BCUT2D eigenvalue weighted by Gasteiger charge is 2.12. The van der Waals surface area contributed by atoms with E-state index in [2.05, 4.69) is 0 Å². The van der Waals surface area contributed by atoms with Crippen LogP contribution in [0.3, 0.4) is 0 Å². The molecule has 100 valence electrons. The Hall–Kier alpha value is -0.730. The molecule has 19 heavy (non-hydrogen) atoms. The molecular weight excluding hydrogens is 303 g/mol. The normalized spacial score (nSPS) is 12.4. The third-order valence-corrected chi connectivity index (χ3v) is 3.98. The minimum Gasteiger partial charge on any atom is -0.396 e. The van der Waals surface area contributed by atoms with Crippen LogP contribution in [0.15, 0.2) is 42.5 Å². The minimum atomic E-state index is -0.00376. The van der Waals surface area contributed by atoms with Crippen molar-refractivity contribution in [3.63, 3.8) is 0 Å². The van der Waals surface area contributed by atoms with Gasteiger partial charge in [-0.25, -0.2) is 0 Å². The minimum absolute atomic E-state index is 0.00376. The van der Waals surface area contributed by atoms with E-state index >= 15 is 0 Å². The highest BCUT2D eigenvalue weighted by Crippen LogP contribution is 2.27. The lowest BCUT2D eigenvalue weighted by atomic mass is 9.93. The Morgan fingerprint density at radius 1 is 0.947 bits per heavy atom. The Balaban J connectivity index is 2.21. The first-order valence-corrected chi connectivity index (χ1v) is 7.04. The van der Waals surface area contributed by atoms with E-state index < -0.39 is 0 Å². The van der Waals surface area contributed by atoms with Crippen molar-refractivity contribution in [3.8, 4) is 0 Å². The molecule has 4 heteroatoms. The van der Waals surface area contributed by atoms with Gasteiger partial charge in [0.2, 0.25) is 0 Å². The van der Waals surface area contributed by atoms with E-state index in [9.17, 15) is 5.11 Å². The zero-order chi connectivity index (χ0) is 13.8. The Labute approximate surface area is 127 Å². The summed E-state index contributed by atoms with van der Waals surface area (Å²) >= 11 is 17.9. The monoisotopic (exact) mass is 314 g/mol. The molecule has 0 aromatic heterocycles. The third-order valence-electron chi connectivity index (χ3n) is 3.01. The van der Waals surface area contributed by atoms with Gasteiger partial charge in [0.05, 0.1) is 16.7 Å². The lowest BCUT2D eigenvalue weighted by molar-refractivity contribution is 0.264. The zero-order valence-corrected chi connectivity index (χ0v) is 12.4. The lowest BCUT2D eigenvalue weighted by Gasteiger charge is -2.15. The Bertz CT molecular complexity index is 569. The molecule has 0 aliphatic rings. The summed E-state index contributed by atoms with van der Waals surface area (Å²) in [7, 11) is 0. The Kier molecular flexibility index (Phi) is 5.12. The summed E-state index contributed by atoms with van der Waals surface area (Å²) in [5.74, 6) is -0.00376. The van der Waals surface area contributed by atoms with Gasteiger partial charge in [-0.3, -0.25) is 0 Å². The van der Waals surface area contributed by atoms with E-state index in [0.717, 1.165) is 11.1 Å². The van der Waals surface area contributed by atoms with Crippen molar-refractivity contribution in [1.82, 2.24) is 0 Å². The maximum atomic E-state index is 9.55. The number of hydrogen-bond donors (Lipinski definition) is 1. The molecule has 1 N–H and O–H groups in total. The van der Waals surface area contributed by atoms with E-state index in [-0.39, 0.29) is 12.5 Å². The van der Waals surface area contributed by atoms with Gasteiger partial charge in [0.15, 0.2) is 0 Å². The summed E-state index contributed by atoms with van der Waals surface area (Å²) < 4.78 is 0. The fourth-order valence-corrected chi connectivity index (χ4v) is 2.52. The van der Waals surface area contributed by atoms with E-state index in [1.807, 2.05) is 36.4 Å². The van der Waals surface area contributed by atoms with Crippen molar-refractivity contribution >= 4 is 34.8 Å². The largest absolute Gasteiger partial charge is 0.396 e. The number of benzene rings is 2. The van der Waals surface area contributed by atoms with Crippen molar-refractivity contribution in [1.29, 1.82) is 0 Å². The van der Waals surface area contributed by atoms with Crippen LogP contribution in [0.4, 0.5) is 0 Å². The fourth-order valence-electron chi connectivity index (χ4n) is 2.00. The van der Waals surface area contributed by atoms with Crippen LogP contribution in [0.5, 0.6) is 0 Å². The first-order valence-electron chi connectivity index (χ1n) is 5.90. The van der Waals surface area contributed by atoms with Gasteiger partial charge in [-0.15, -0.1) is 0 Å². The topological polar surface area (TPSA) is 20.2 Å². The predicted molar refractivity (Wildman–Crippen MR) is 81.4 cm³/mol. The number of hydrogen-bond acceptors (Lipinski definition) is 1. The van der Waals surface area contributed by atoms with Gasteiger partial charge in [-0.1, -0.05) is 53.0 Å². The van der Waals surface area contributed by atoms with Gasteiger partial charge < -0.3 is 5.11 Å². The summed E-state index contributed by atoms with van der Waals surface area (Å²) in [5, 5.41) is 11.3. The van der Waals surface area contributed by atoms with Crippen LogP contribution >= 0.6 is 34.8 Å². The molecular formula is C15H13Cl3O. The summed E-state index contributed by atoms with van der Waals surface area (Å²) in [5.41, 5.74) is 2.05. The van der Waals surface area contributed by atoms with Crippen molar-refractivity contribution in [3.05, 3.63) is 68.7 Å². The van der Waals surface area contributed by atoms with Crippen LogP contribution in [0.2, 0.25) is 15.1 Å². The Morgan fingerprint density at radius 3 is 2.37 bits per heavy atom. The second-order valence-electron chi connectivity index (χ2n) is 4.39. The molecule has 0 saturated carbocycles. The average molecular weight is 316 g/mol. The van der Waals surface area contributed by atoms with Crippen molar-refractivity contribution in [2.45, 2.75) is 12.3 Å². The second kappa shape index (κ2) is 6.62. The third kappa shape index (κ3) is 3.87. The molecule has 2 aromatic carbocycles. The van der Waals surface area contributed by atoms with Crippen molar-refractivity contribution in [2.24, 2.45) is 0 Å². The first kappa shape index (κ1) is 14.7. The second-order valence-corrected chi connectivity index (χ2v) is 5.64. The van der Waals surface area contributed by atoms with E-state index in [4.69, 9.17) is 34.8 Å². The molecule has 0 aliphatic heterocycles.